The molecule has 3 nitrogen and oxygen atoms in total. The molecule has 1 aliphatic rings. The van der Waals surface area contributed by atoms with Gasteiger partial charge in [-0.2, -0.15) is 0 Å². The Kier molecular flexibility index (Phi) is 5.70. The fourth-order valence-electron chi connectivity index (χ4n) is 2.63. The van der Waals surface area contributed by atoms with Crippen molar-refractivity contribution in [1.29, 1.82) is 0 Å². The molecule has 1 N–H and O–H groups in total. The molecule has 1 aliphatic heterocycles. The predicted molar refractivity (Wildman–Crippen MR) is 83.6 cm³/mol. The smallest absolute Gasteiger partial charge is 0.253 e. The zero-order valence-electron chi connectivity index (χ0n) is 11.7. The van der Waals surface area contributed by atoms with E-state index in [0.29, 0.717) is 15.6 Å². The Hall–Kier alpha value is -0.770. The molecule has 0 radical (unpaired) electrons. The second kappa shape index (κ2) is 7.30. The third kappa shape index (κ3) is 4.11. The minimum Gasteiger partial charge on any atom is -0.339 e. The maximum Gasteiger partial charge on any atom is 0.253 e. The van der Waals surface area contributed by atoms with Gasteiger partial charge in [-0.15, -0.1) is 0 Å². The highest BCUT2D eigenvalue weighted by atomic mass is 35.5. The van der Waals surface area contributed by atoms with E-state index in [-0.39, 0.29) is 5.91 Å². The number of nitrogens with one attached hydrogen (secondary N) is 1. The minimum absolute atomic E-state index is 0.0291. The van der Waals surface area contributed by atoms with Crippen LogP contribution in [0, 0.1) is 5.92 Å². The van der Waals surface area contributed by atoms with Crippen LogP contribution in [0.3, 0.4) is 0 Å². The van der Waals surface area contributed by atoms with Crippen molar-refractivity contribution in [2.24, 2.45) is 5.92 Å². The molecule has 0 aliphatic carbocycles. The van der Waals surface area contributed by atoms with Gasteiger partial charge in [-0.25, -0.2) is 0 Å². The van der Waals surface area contributed by atoms with Gasteiger partial charge < -0.3 is 10.2 Å². The van der Waals surface area contributed by atoms with Gasteiger partial charge in [-0.05, 0) is 57.0 Å². The lowest BCUT2D eigenvalue weighted by Gasteiger charge is -2.32. The number of hydrogen-bond donors (Lipinski definition) is 1. The molecule has 1 aromatic carbocycles. The van der Waals surface area contributed by atoms with E-state index in [1.807, 2.05) is 11.9 Å². The van der Waals surface area contributed by atoms with E-state index in [1.165, 1.54) is 6.42 Å². The maximum absolute atomic E-state index is 12.4. The van der Waals surface area contributed by atoms with Crippen molar-refractivity contribution in [3.05, 3.63) is 33.8 Å². The third-order valence-electron chi connectivity index (χ3n) is 3.81. The molecule has 1 aromatic rings. The summed E-state index contributed by atoms with van der Waals surface area (Å²) in [6.45, 7) is 2.68. The molecule has 2 rings (SSSR count). The van der Waals surface area contributed by atoms with Gasteiger partial charge in [0.15, 0.2) is 0 Å². The molecule has 0 spiro atoms. The van der Waals surface area contributed by atoms with Gasteiger partial charge in [0.2, 0.25) is 0 Å². The largest absolute Gasteiger partial charge is 0.339 e. The van der Waals surface area contributed by atoms with Gasteiger partial charge in [0.25, 0.3) is 5.91 Å². The van der Waals surface area contributed by atoms with Gasteiger partial charge in [0.05, 0.1) is 0 Å². The number of rotatable bonds is 4. The number of nitrogens with zero attached hydrogens (tertiary/aromatic N) is 1. The van der Waals surface area contributed by atoms with E-state index in [2.05, 4.69) is 5.32 Å². The summed E-state index contributed by atoms with van der Waals surface area (Å²) in [4.78, 5) is 14.3. The van der Waals surface area contributed by atoms with Crippen LogP contribution in [0.2, 0.25) is 10.0 Å². The lowest BCUT2D eigenvalue weighted by molar-refractivity contribution is 0.0687. The van der Waals surface area contributed by atoms with E-state index in [1.54, 1.807) is 18.2 Å². The summed E-state index contributed by atoms with van der Waals surface area (Å²) in [7, 11) is 1.97. The highest BCUT2D eigenvalue weighted by molar-refractivity contribution is 6.35. The minimum atomic E-state index is 0.0291. The molecule has 110 valence electrons. The Morgan fingerprint density at radius 1 is 1.25 bits per heavy atom. The van der Waals surface area contributed by atoms with E-state index < -0.39 is 0 Å². The van der Waals surface area contributed by atoms with Crippen molar-refractivity contribution >= 4 is 29.1 Å². The van der Waals surface area contributed by atoms with E-state index in [9.17, 15) is 4.79 Å². The summed E-state index contributed by atoms with van der Waals surface area (Å²) in [5.41, 5.74) is 0.580. The average molecular weight is 315 g/mol. The van der Waals surface area contributed by atoms with Crippen LogP contribution in [-0.4, -0.2) is 37.5 Å². The highest BCUT2D eigenvalue weighted by Crippen LogP contribution is 2.24. The number of carbonyl (C=O) groups excluding carboxylic acids is 1. The van der Waals surface area contributed by atoms with Crippen LogP contribution in [0.15, 0.2) is 18.2 Å². The number of hydrogen-bond acceptors (Lipinski definition) is 2. The molecule has 20 heavy (non-hydrogen) atoms. The normalized spacial score (nSPS) is 16.4. The fourth-order valence-corrected chi connectivity index (χ4v) is 3.16. The SMILES string of the molecule is CNCCC1CCN(C(=O)c2cc(Cl)cc(Cl)c2)CC1. The Bertz CT molecular complexity index is 451. The Labute approximate surface area is 130 Å². The molecule has 0 saturated carbocycles. The van der Waals surface area contributed by atoms with Crippen LogP contribution in [0.1, 0.15) is 29.6 Å². The van der Waals surface area contributed by atoms with Gasteiger partial charge in [0.1, 0.15) is 0 Å². The number of benzene rings is 1. The molecular formula is C15H20Cl2N2O. The topological polar surface area (TPSA) is 32.3 Å². The summed E-state index contributed by atoms with van der Waals surface area (Å²) in [6, 6.07) is 5.01. The first-order valence-electron chi connectivity index (χ1n) is 7.00. The van der Waals surface area contributed by atoms with Crippen molar-refractivity contribution in [2.75, 3.05) is 26.7 Å². The van der Waals surface area contributed by atoms with Gasteiger partial charge in [-0.3, -0.25) is 4.79 Å². The summed E-state index contributed by atoms with van der Waals surface area (Å²) in [6.07, 6.45) is 3.32. The molecule has 1 saturated heterocycles. The summed E-state index contributed by atoms with van der Waals surface area (Å²) < 4.78 is 0. The van der Waals surface area contributed by atoms with Crippen LogP contribution < -0.4 is 5.32 Å². The van der Waals surface area contributed by atoms with Crippen molar-refractivity contribution in [3.8, 4) is 0 Å². The van der Waals surface area contributed by atoms with Crippen molar-refractivity contribution < 1.29 is 4.79 Å². The highest BCUT2D eigenvalue weighted by Gasteiger charge is 2.23. The molecule has 0 aromatic heterocycles. The van der Waals surface area contributed by atoms with Gasteiger partial charge >= 0.3 is 0 Å². The fraction of sp³-hybridized carbons (Fsp3) is 0.533. The Balaban J connectivity index is 1.94. The van der Waals surface area contributed by atoms with Gasteiger partial charge in [-0.1, -0.05) is 23.2 Å². The first kappa shape index (κ1) is 15.6. The van der Waals surface area contributed by atoms with Crippen LogP contribution in [0.5, 0.6) is 0 Å². The zero-order chi connectivity index (χ0) is 14.5. The first-order chi connectivity index (χ1) is 9.60. The molecule has 0 atom stereocenters. The lowest BCUT2D eigenvalue weighted by atomic mass is 9.93. The number of halogens is 2. The molecule has 0 unspecified atom stereocenters. The lowest BCUT2D eigenvalue weighted by Crippen LogP contribution is -2.39. The average Bonchev–Trinajstić information content (AvgIpc) is 2.44. The quantitative estimate of drug-likeness (QED) is 0.923. The molecule has 1 amide bonds. The first-order valence-corrected chi connectivity index (χ1v) is 7.75. The summed E-state index contributed by atoms with van der Waals surface area (Å²) in [5.74, 6) is 0.746. The molecule has 5 heteroatoms. The summed E-state index contributed by atoms with van der Waals surface area (Å²) in [5, 5.41) is 4.19. The van der Waals surface area contributed by atoms with Crippen LogP contribution >= 0.6 is 23.2 Å². The van der Waals surface area contributed by atoms with Crippen LogP contribution in [0.4, 0.5) is 0 Å². The van der Waals surface area contributed by atoms with Crippen LogP contribution in [0.25, 0.3) is 0 Å². The summed E-state index contributed by atoms with van der Waals surface area (Å²) >= 11 is 11.9. The van der Waals surface area contributed by atoms with Gasteiger partial charge in [0, 0.05) is 28.7 Å². The second-order valence-electron chi connectivity index (χ2n) is 5.29. The molecule has 1 fully saturated rings. The number of amides is 1. The second-order valence-corrected chi connectivity index (χ2v) is 6.16. The number of likely N-dealkylation sites (tertiary alicyclic amines) is 1. The van der Waals surface area contributed by atoms with E-state index in [0.717, 1.165) is 38.4 Å². The molecular weight excluding hydrogens is 295 g/mol. The third-order valence-corrected chi connectivity index (χ3v) is 4.25. The van der Waals surface area contributed by atoms with E-state index >= 15 is 0 Å². The monoisotopic (exact) mass is 314 g/mol. The maximum atomic E-state index is 12.4. The Morgan fingerprint density at radius 3 is 2.40 bits per heavy atom. The number of carbonyl (C=O) groups is 1. The Morgan fingerprint density at radius 2 is 1.85 bits per heavy atom. The number of piperidine rings is 1. The van der Waals surface area contributed by atoms with Crippen molar-refractivity contribution in [2.45, 2.75) is 19.3 Å². The van der Waals surface area contributed by atoms with Crippen molar-refractivity contribution in [1.82, 2.24) is 10.2 Å². The standard InChI is InChI=1S/C15H20Cl2N2O/c1-18-5-2-11-3-6-19(7-4-11)15(20)12-8-13(16)10-14(17)9-12/h8-11,18H,2-7H2,1H3. The zero-order valence-corrected chi connectivity index (χ0v) is 13.2. The van der Waals surface area contributed by atoms with Crippen LogP contribution in [-0.2, 0) is 0 Å². The molecule has 1 heterocycles. The predicted octanol–water partition coefficient (Wildman–Crippen LogP) is 3.46. The van der Waals surface area contributed by atoms with Crippen molar-refractivity contribution in [3.63, 3.8) is 0 Å². The van der Waals surface area contributed by atoms with E-state index in [4.69, 9.17) is 23.2 Å². The molecule has 0 bridgehead atoms.